The lowest BCUT2D eigenvalue weighted by Crippen LogP contribution is -2.18. The monoisotopic (exact) mass is 229 g/mol. The lowest BCUT2D eigenvalue weighted by Gasteiger charge is -2.12. The first-order valence-corrected chi connectivity index (χ1v) is 6.79. The van der Waals surface area contributed by atoms with Crippen molar-refractivity contribution in [1.82, 2.24) is 4.90 Å². The van der Waals surface area contributed by atoms with Crippen LogP contribution < -0.4 is 0 Å². The first-order valence-electron chi connectivity index (χ1n) is 6.79. The standard InChI is InChI=1S/C15H19NO/c17-15(5-6-15)8-11-1-2-12-9-16(14-3-4-14)10-13(12)7-11/h1-2,7,14,17H,3-6,8-10H2. The minimum Gasteiger partial charge on any atom is -0.390 e. The molecule has 3 aliphatic rings. The van der Waals surface area contributed by atoms with Crippen LogP contribution in [-0.4, -0.2) is 21.6 Å². The van der Waals surface area contributed by atoms with Gasteiger partial charge in [-0.1, -0.05) is 18.2 Å². The predicted octanol–water partition coefficient (Wildman–Crippen LogP) is 2.23. The molecule has 0 atom stereocenters. The largest absolute Gasteiger partial charge is 0.390 e. The third kappa shape index (κ3) is 1.90. The van der Waals surface area contributed by atoms with Crippen LogP contribution in [0.1, 0.15) is 42.4 Å². The van der Waals surface area contributed by atoms with Crippen molar-refractivity contribution in [2.45, 2.75) is 56.8 Å². The Bertz CT molecular complexity index is 460. The average molecular weight is 229 g/mol. The van der Waals surface area contributed by atoms with E-state index in [1.54, 1.807) is 0 Å². The zero-order valence-corrected chi connectivity index (χ0v) is 10.2. The van der Waals surface area contributed by atoms with E-state index in [1.807, 2.05) is 0 Å². The average Bonchev–Trinajstić information content (AvgIpc) is 3.21. The van der Waals surface area contributed by atoms with Gasteiger partial charge in [-0.2, -0.15) is 0 Å². The SMILES string of the molecule is OC1(Cc2ccc3c(c2)CN(C2CC2)C3)CC1. The van der Waals surface area contributed by atoms with Gasteiger partial charge in [0.2, 0.25) is 0 Å². The number of fused-ring (bicyclic) bond motifs is 1. The highest BCUT2D eigenvalue weighted by molar-refractivity contribution is 5.36. The summed E-state index contributed by atoms with van der Waals surface area (Å²) >= 11 is 0. The summed E-state index contributed by atoms with van der Waals surface area (Å²) in [7, 11) is 0. The van der Waals surface area contributed by atoms with Crippen LogP contribution in [0, 0.1) is 0 Å². The lowest BCUT2D eigenvalue weighted by molar-refractivity contribution is 0.151. The fourth-order valence-electron chi connectivity index (χ4n) is 2.98. The Kier molecular flexibility index (Phi) is 1.98. The second-order valence-corrected chi connectivity index (χ2v) is 6.14. The molecule has 0 aromatic heterocycles. The van der Waals surface area contributed by atoms with Crippen LogP contribution in [0.25, 0.3) is 0 Å². The van der Waals surface area contributed by atoms with E-state index in [1.165, 1.54) is 29.5 Å². The Balaban J connectivity index is 1.55. The summed E-state index contributed by atoms with van der Waals surface area (Å²) < 4.78 is 0. The summed E-state index contributed by atoms with van der Waals surface area (Å²) in [4.78, 5) is 2.60. The Morgan fingerprint density at radius 3 is 2.65 bits per heavy atom. The molecule has 2 fully saturated rings. The molecule has 4 rings (SSSR count). The highest BCUT2D eigenvalue weighted by Gasteiger charge is 2.40. The fraction of sp³-hybridized carbons (Fsp3) is 0.600. The van der Waals surface area contributed by atoms with Gasteiger partial charge < -0.3 is 5.11 Å². The molecule has 1 aromatic carbocycles. The highest BCUT2D eigenvalue weighted by atomic mass is 16.3. The van der Waals surface area contributed by atoms with Gasteiger partial charge in [-0.15, -0.1) is 0 Å². The molecule has 17 heavy (non-hydrogen) atoms. The van der Waals surface area contributed by atoms with Crippen molar-refractivity contribution in [3.63, 3.8) is 0 Å². The van der Waals surface area contributed by atoms with Gasteiger partial charge in [0.1, 0.15) is 0 Å². The van der Waals surface area contributed by atoms with Crippen LogP contribution in [0.2, 0.25) is 0 Å². The molecule has 90 valence electrons. The van der Waals surface area contributed by atoms with Gasteiger partial charge in [-0.25, -0.2) is 0 Å². The zero-order chi connectivity index (χ0) is 11.5. The highest BCUT2D eigenvalue weighted by Crippen LogP contribution is 2.39. The molecule has 0 spiro atoms. The Morgan fingerprint density at radius 2 is 1.94 bits per heavy atom. The molecule has 0 saturated heterocycles. The van der Waals surface area contributed by atoms with Crippen LogP contribution >= 0.6 is 0 Å². The Hall–Kier alpha value is -0.860. The van der Waals surface area contributed by atoms with Gasteiger partial charge >= 0.3 is 0 Å². The second kappa shape index (κ2) is 3.33. The van der Waals surface area contributed by atoms with Crippen molar-refractivity contribution < 1.29 is 5.11 Å². The molecule has 1 aliphatic heterocycles. The second-order valence-electron chi connectivity index (χ2n) is 6.14. The van der Waals surface area contributed by atoms with Gasteiger partial charge in [0, 0.05) is 25.6 Å². The molecule has 0 radical (unpaired) electrons. The summed E-state index contributed by atoms with van der Waals surface area (Å²) in [6, 6.07) is 7.68. The van der Waals surface area contributed by atoms with E-state index in [0.717, 1.165) is 38.4 Å². The van der Waals surface area contributed by atoms with Crippen LogP contribution in [0.15, 0.2) is 18.2 Å². The molecule has 1 heterocycles. The molecule has 2 nitrogen and oxygen atoms in total. The quantitative estimate of drug-likeness (QED) is 0.859. The van der Waals surface area contributed by atoms with Crippen LogP contribution in [-0.2, 0) is 19.5 Å². The van der Waals surface area contributed by atoms with Gasteiger partial charge in [0.05, 0.1) is 5.60 Å². The number of hydrogen-bond acceptors (Lipinski definition) is 2. The first-order chi connectivity index (χ1) is 8.22. The molecule has 0 amide bonds. The van der Waals surface area contributed by atoms with Gasteiger partial charge in [-0.05, 0) is 42.4 Å². The molecular formula is C15H19NO. The lowest BCUT2D eigenvalue weighted by atomic mass is 10.0. The topological polar surface area (TPSA) is 23.5 Å². The predicted molar refractivity (Wildman–Crippen MR) is 66.6 cm³/mol. The van der Waals surface area contributed by atoms with E-state index in [4.69, 9.17) is 0 Å². The molecule has 2 aliphatic carbocycles. The van der Waals surface area contributed by atoms with Crippen molar-refractivity contribution >= 4 is 0 Å². The minimum atomic E-state index is -0.358. The number of rotatable bonds is 3. The summed E-state index contributed by atoms with van der Waals surface area (Å²) in [6.45, 7) is 2.27. The fourth-order valence-corrected chi connectivity index (χ4v) is 2.98. The molecule has 1 aromatic rings. The van der Waals surface area contributed by atoms with E-state index in [2.05, 4.69) is 23.1 Å². The third-order valence-electron chi connectivity index (χ3n) is 4.44. The van der Waals surface area contributed by atoms with Crippen molar-refractivity contribution in [2.24, 2.45) is 0 Å². The van der Waals surface area contributed by atoms with Crippen molar-refractivity contribution in [3.05, 3.63) is 34.9 Å². The van der Waals surface area contributed by atoms with Gasteiger partial charge in [-0.3, -0.25) is 4.90 Å². The zero-order valence-electron chi connectivity index (χ0n) is 10.2. The first kappa shape index (κ1) is 10.1. The van der Waals surface area contributed by atoms with Crippen LogP contribution in [0.3, 0.4) is 0 Å². The normalized spacial score (nSPS) is 25.9. The van der Waals surface area contributed by atoms with Gasteiger partial charge in [0.25, 0.3) is 0 Å². The van der Waals surface area contributed by atoms with Gasteiger partial charge in [0.15, 0.2) is 0 Å². The van der Waals surface area contributed by atoms with Crippen molar-refractivity contribution in [3.8, 4) is 0 Å². The van der Waals surface area contributed by atoms with Crippen molar-refractivity contribution in [2.75, 3.05) is 0 Å². The molecule has 1 N–H and O–H groups in total. The molecule has 2 heteroatoms. The molecule has 0 unspecified atom stereocenters. The maximum Gasteiger partial charge on any atom is 0.0690 e. The van der Waals surface area contributed by atoms with Crippen molar-refractivity contribution in [1.29, 1.82) is 0 Å². The molecule has 0 bridgehead atoms. The summed E-state index contributed by atoms with van der Waals surface area (Å²) in [5, 5.41) is 9.97. The van der Waals surface area contributed by atoms with E-state index >= 15 is 0 Å². The Morgan fingerprint density at radius 1 is 1.18 bits per heavy atom. The minimum absolute atomic E-state index is 0.358. The number of aliphatic hydroxyl groups is 1. The number of hydrogen-bond donors (Lipinski definition) is 1. The van der Waals surface area contributed by atoms with E-state index < -0.39 is 0 Å². The Labute approximate surface area is 102 Å². The van der Waals surface area contributed by atoms with E-state index in [9.17, 15) is 5.11 Å². The smallest absolute Gasteiger partial charge is 0.0690 e. The van der Waals surface area contributed by atoms with E-state index in [-0.39, 0.29) is 5.60 Å². The number of benzene rings is 1. The van der Waals surface area contributed by atoms with Crippen LogP contribution in [0.5, 0.6) is 0 Å². The maximum absolute atomic E-state index is 9.97. The third-order valence-corrected chi connectivity index (χ3v) is 4.44. The summed E-state index contributed by atoms with van der Waals surface area (Å²) in [5.74, 6) is 0. The maximum atomic E-state index is 9.97. The summed E-state index contributed by atoms with van der Waals surface area (Å²) in [6.07, 6.45) is 5.60. The van der Waals surface area contributed by atoms with E-state index in [0.29, 0.717) is 0 Å². The summed E-state index contributed by atoms with van der Waals surface area (Å²) in [5.41, 5.74) is 3.96. The molecular weight excluding hydrogens is 210 g/mol. The number of nitrogens with zero attached hydrogens (tertiary/aromatic N) is 1. The van der Waals surface area contributed by atoms with Crippen LogP contribution in [0.4, 0.5) is 0 Å². The molecule has 2 saturated carbocycles.